The highest BCUT2D eigenvalue weighted by atomic mass is 79.9. The van der Waals surface area contributed by atoms with E-state index in [4.69, 9.17) is 0 Å². The van der Waals surface area contributed by atoms with Gasteiger partial charge in [0.2, 0.25) is 5.13 Å². The van der Waals surface area contributed by atoms with E-state index in [9.17, 15) is 4.79 Å². The maximum absolute atomic E-state index is 11.4. The third-order valence-electron chi connectivity index (χ3n) is 3.07. The smallest absolute Gasteiger partial charge is 0.337 e. The second-order valence-corrected chi connectivity index (χ2v) is 6.51. The normalized spacial score (nSPS) is 10.3. The zero-order valence-corrected chi connectivity index (χ0v) is 14.5. The second kappa shape index (κ2) is 6.89. The van der Waals surface area contributed by atoms with Gasteiger partial charge in [-0.15, -0.1) is 10.2 Å². The van der Waals surface area contributed by atoms with Crippen LogP contribution in [0.2, 0.25) is 0 Å². The first-order chi connectivity index (χ1) is 11.2. The zero-order valence-electron chi connectivity index (χ0n) is 12.1. The third-order valence-corrected chi connectivity index (χ3v) is 4.49. The lowest BCUT2D eigenvalue weighted by Crippen LogP contribution is -2.00. The van der Waals surface area contributed by atoms with E-state index in [1.165, 1.54) is 18.4 Å². The molecule has 0 spiro atoms. The van der Waals surface area contributed by atoms with Crippen molar-refractivity contribution < 1.29 is 9.53 Å². The van der Waals surface area contributed by atoms with Crippen LogP contribution in [0, 0.1) is 0 Å². The first-order valence-corrected chi connectivity index (χ1v) is 8.31. The van der Waals surface area contributed by atoms with E-state index in [1.54, 1.807) is 12.1 Å². The predicted octanol–water partition coefficient (Wildman–Crippen LogP) is 4.50. The maximum Gasteiger partial charge on any atom is 0.337 e. The number of carbonyl (C=O) groups excluding carboxylic acids is 1. The van der Waals surface area contributed by atoms with Crippen LogP contribution in [0.3, 0.4) is 0 Å². The zero-order chi connectivity index (χ0) is 16.2. The minimum atomic E-state index is -0.355. The number of anilines is 2. The van der Waals surface area contributed by atoms with Gasteiger partial charge < -0.3 is 10.1 Å². The Morgan fingerprint density at radius 3 is 2.43 bits per heavy atom. The molecule has 0 unspecified atom stereocenters. The molecule has 1 aromatic heterocycles. The number of nitrogens with zero attached hydrogens (tertiary/aromatic N) is 2. The highest BCUT2D eigenvalue weighted by molar-refractivity contribution is 9.10. The van der Waals surface area contributed by atoms with E-state index < -0.39 is 0 Å². The van der Waals surface area contributed by atoms with Crippen LogP contribution >= 0.6 is 27.3 Å². The topological polar surface area (TPSA) is 64.1 Å². The standard InChI is InChI=1S/C16H12BrN3O2S/c1-22-15(21)11-4-2-10(3-5-11)14-19-20-16(23-14)18-13-8-6-12(17)7-9-13/h2-9H,1H3,(H,18,20). The first kappa shape index (κ1) is 15.6. The molecule has 5 nitrogen and oxygen atoms in total. The SMILES string of the molecule is COC(=O)c1ccc(-c2nnc(Nc3ccc(Br)cc3)s2)cc1. The second-order valence-electron chi connectivity index (χ2n) is 4.61. The number of nitrogens with one attached hydrogen (secondary N) is 1. The van der Waals surface area contributed by atoms with E-state index in [-0.39, 0.29) is 5.97 Å². The molecule has 116 valence electrons. The summed E-state index contributed by atoms with van der Waals surface area (Å²) in [5, 5.41) is 13.0. The summed E-state index contributed by atoms with van der Waals surface area (Å²) in [7, 11) is 1.36. The Labute approximate surface area is 145 Å². The minimum absolute atomic E-state index is 0.355. The largest absolute Gasteiger partial charge is 0.465 e. The minimum Gasteiger partial charge on any atom is -0.465 e. The van der Waals surface area contributed by atoms with Gasteiger partial charge in [0.15, 0.2) is 0 Å². The number of ether oxygens (including phenoxy) is 1. The molecule has 0 saturated heterocycles. The lowest BCUT2D eigenvalue weighted by Gasteiger charge is -2.01. The van der Waals surface area contributed by atoms with Gasteiger partial charge in [-0.3, -0.25) is 0 Å². The van der Waals surface area contributed by atoms with Crippen LogP contribution in [0.1, 0.15) is 10.4 Å². The van der Waals surface area contributed by atoms with Crippen molar-refractivity contribution in [1.82, 2.24) is 10.2 Å². The summed E-state index contributed by atoms with van der Waals surface area (Å²) in [5.41, 5.74) is 2.35. The predicted molar refractivity (Wildman–Crippen MR) is 94.1 cm³/mol. The van der Waals surface area contributed by atoms with Gasteiger partial charge in [-0.05, 0) is 36.4 Å². The molecule has 0 aliphatic carbocycles. The quantitative estimate of drug-likeness (QED) is 0.665. The lowest BCUT2D eigenvalue weighted by molar-refractivity contribution is 0.0601. The van der Waals surface area contributed by atoms with Crippen LogP contribution in [-0.4, -0.2) is 23.3 Å². The van der Waals surface area contributed by atoms with Crippen LogP contribution < -0.4 is 5.32 Å². The van der Waals surface area contributed by atoms with E-state index >= 15 is 0 Å². The van der Waals surface area contributed by atoms with Gasteiger partial charge in [0.1, 0.15) is 5.01 Å². The van der Waals surface area contributed by atoms with Gasteiger partial charge in [-0.25, -0.2) is 4.79 Å². The van der Waals surface area contributed by atoms with Crippen LogP contribution in [0.15, 0.2) is 53.0 Å². The van der Waals surface area contributed by atoms with Crippen molar-refractivity contribution >= 4 is 44.1 Å². The molecule has 0 aliphatic rings. The molecule has 1 heterocycles. The molecular weight excluding hydrogens is 378 g/mol. The number of halogens is 1. The van der Waals surface area contributed by atoms with E-state index in [0.717, 1.165) is 20.7 Å². The van der Waals surface area contributed by atoms with Gasteiger partial charge in [-0.2, -0.15) is 0 Å². The van der Waals surface area contributed by atoms with Gasteiger partial charge >= 0.3 is 5.97 Å². The van der Waals surface area contributed by atoms with Crippen molar-refractivity contribution in [3.63, 3.8) is 0 Å². The van der Waals surface area contributed by atoms with E-state index in [0.29, 0.717) is 10.7 Å². The van der Waals surface area contributed by atoms with Crippen LogP contribution in [0.5, 0.6) is 0 Å². The Kier molecular flexibility index (Phi) is 4.68. The average Bonchev–Trinajstić information content (AvgIpc) is 3.05. The van der Waals surface area contributed by atoms with E-state index in [1.807, 2.05) is 36.4 Å². The molecular formula is C16H12BrN3O2S. The highest BCUT2D eigenvalue weighted by Gasteiger charge is 2.09. The number of esters is 1. The fourth-order valence-corrected chi connectivity index (χ4v) is 2.95. The summed E-state index contributed by atoms with van der Waals surface area (Å²) in [6.07, 6.45) is 0. The van der Waals surface area contributed by atoms with Gasteiger partial charge in [0.05, 0.1) is 12.7 Å². The molecule has 1 N–H and O–H groups in total. The third kappa shape index (κ3) is 3.75. The summed E-state index contributed by atoms with van der Waals surface area (Å²) < 4.78 is 5.70. The number of methoxy groups -OCH3 is 1. The molecule has 0 radical (unpaired) electrons. The fraction of sp³-hybridized carbons (Fsp3) is 0.0625. The summed E-state index contributed by atoms with van der Waals surface area (Å²) in [5.74, 6) is -0.355. The van der Waals surface area contributed by atoms with Crippen molar-refractivity contribution in [3.8, 4) is 10.6 Å². The average molecular weight is 390 g/mol. The Morgan fingerprint density at radius 1 is 1.09 bits per heavy atom. The molecule has 3 aromatic rings. The summed E-state index contributed by atoms with van der Waals surface area (Å²) in [4.78, 5) is 11.4. The number of benzene rings is 2. The molecule has 0 atom stereocenters. The van der Waals surface area contributed by atoms with Crippen LogP contribution in [0.4, 0.5) is 10.8 Å². The molecule has 23 heavy (non-hydrogen) atoms. The van der Waals surface area contributed by atoms with Crippen LogP contribution in [-0.2, 0) is 4.74 Å². The fourth-order valence-electron chi connectivity index (χ4n) is 1.91. The van der Waals surface area contributed by atoms with Crippen molar-refractivity contribution in [1.29, 1.82) is 0 Å². The maximum atomic E-state index is 11.4. The number of rotatable bonds is 4. The summed E-state index contributed by atoms with van der Waals surface area (Å²) in [6, 6.07) is 14.9. The number of hydrogen-bond acceptors (Lipinski definition) is 6. The molecule has 2 aromatic carbocycles. The Bertz CT molecular complexity index is 816. The van der Waals surface area contributed by atoms with Gasteiger partial charge in [0.25, 0.3) is 0 Å². The lowest BCUT2D eigenvalue weighted by atomic mass is 10.1. The summed E-state index contributed by atoms with van der Waals surface area (Å²) >= 11 is 4.84. The Hall–Kier alpha value is -2.25. The molecule has 0 saturated carbocycles. The first-order valence-electron chi connectivity index (χ1n) is 6.70. The van der Waals surface area contributed by atoms with Crippen LogP contribution in [0.25, 0.3) is 10.6 Å². The number of carbonyl (C=O) groups is 1. The Balaban J connectivity index is 1.76. The number of hydrogen-bond donors (Lipinski definition) is 1. The van der Waals surface area contributed by atoms with Crippen molar-refractivity contribution in [2.45, 2.75) is 0 Å². The molecule has 0 fully saturated rings. The van der Waals surface area contributed by atoms with Crippen molar-refractivity contribution in [3.05, 3.63) is 58.6 Å². The highest BCUT2D eigenvalue weighted by Crippen LogP contribution is 2.28. The van der Waals surface area contributed by atoms with Crippen molar-refractivity contribution in [2.24, 2.45) is 0 Å². The van der Waals surface area contributed by atoms with E-state index in [2.05, 4.69) is 36.2 Å². The number of aromatic nitrogens is 2. The monoisotopic (exact) mass is 389 g/mol. The van der Waals surface area contributed by atoms with Crippen molar-refractivity contribution in [2.75, 3.05) is 12.4 Å². The molecule has 0 bridgehead atoms. The molecule has 0 amide bonds. The molecule has 3 rings (SSSR count). The molecule has 7 heteroatoms. The Morgan fingerprint density at radius 2 is 1.78 bits per heavy atom. The molecule has 0 aliphatic heterocycles. The van der Waals surface area contributed by atoms with Gasteiger partial charge in [-0.1, -0.05) is 39.4 Å². The van der Waals surface area contributed by atoms with Gasteiger partial charge in [0, 0.05) is 15.7 Å². The summed E-state index contributed by atoms with van der Waals surface area (Å²) in [6.45, 7) is 0.